The van der Waals surface area contributed by atoms with Crippen molar-refractivity contribution in [2.45, 2.75) is 31.8 Å². The van der Waals surface area contributed by atoms with Crippen LogP contribution in [-0.2, 0) is 0 Å². The molecule has 0 radical (unpaired) electrons. The zero-order valence-corrected chi connectivity index (χ0v) is 22.2. The first-order valence-corrected chi connectivity index (χ1v) is 14.1. The van der Waals surface area contributed by atoms with E-state index in [2.05, 4.69) is 105 Å². The minimum absolute atomic E-state index is 0.220. The number of hydrogen-bond acceptors (Lipinski definition) is 3. The van der Waals surface area contributed by atoms with Gasteiger partial charge in [-0.25, -0.2) is 0 Å². The van der Waals surface area contributed by atoms with Gasteiger partial charge in [0.1, 0.15) is 11.5 Å². The Morgan fingerprint density at radius 2 is 1.33 bits per heavy atom. The summed E-state index contributed by atoms with van der Waals surface area (Å²) in [6.07, 6.45) is 1.21. The van der Waals surface area contributed by atoms with Crippen LogP contribution < -0.4 is 20.1 Å². The fourth-order valence-corrected chi connectivity index (χ4v) is 9.87. The van der Waals surface area contributed by atoms with Gasteiger partial charge in [-0.3, -0.25) is 4.98 Å². The van der Waals surface area contributed by atoms with Gasteiger partial charge in [-0.05, 0) is 55.4 Å². The molecule has 182 valence electrons. The van der Waals surface area contributed by atoms with Crippen molar-refractivity contribution in [3.63, 3.8) is 0 Å². The molecule has 0 aliphatic heterocycles. The van der Waals surface area contributed by atoms with E-state index in [-0.39, 0.29) is 11.1 Å². The molecule has 3 aliphatic carbocycles. The molecular weight excluding hydrogens is 461 g/mol. The Labute approximate surface area is 215 Å². The fraction of sp³-hybridized carbons (Fsp3) is 0.281. The van der Waals surface area contributed by atoms with Crippen molar-refractivity contribution in [2.75, 3.05) is 14.2 Å². The van der Waals surface area contributed by atoms with Gasteiger partial charge in [0.25, 0.3) is 0 Å². The van der Waals surface area contributed by atoms with Crippen molar-refractivity contribution in [3.8, 4) is 22.8 Å². The van der Waals surface area contributed by atoms with Crippen LogP contribution in [0.5, 0.6) is 11.5 Å². The topological polar surface area (TPSA) is 31.4 Å². The van der Waals surface area contributed by atoms with Crippen molar-refractivity contribution >= 4 is 18.5 Å². The average molecular weight is 494 g/mol. The highest BCUT2D eigenvalue weighted by molar-refractivity contribution is 7.73. The monoisotopic (exact) mass is 493 g/mol. The van der Waals surface area contributed by atoms with Crippen molar-refractivity contribution in [2.24, 2.45) is 11.3 Å². The highest BCUT2D eigenvalue weighted by atomic mass is 31.1. The Morgan fingerprint density at radius 1 is 0.750 bits per heavy atom. The molecule has 0 N–H and O–H groups in total. The summed E-state index contributed by atoms with van der Waals surface area (Å²) in [6, 6.07) is 32.2. The molecule has 1 heterocycles. The van der Waals surface area contributed by atoms with Gasteiger partial charge < -0.3 is 9.47 Å². The van der Waals surface area contributed by atoms with E-state index in [9.17, 15) is 0 Å². The summed E-state index contributed by atoms with van der Waals surface area (Å²) in [5.41, 5.74) is 5.39. The lowest BCUT2D eigenvalue weighted by molar-refractivity contribution is 0.0133. The minimum Gasteiger partial charge on any atom is -0.496 e. The third kappa shape index (κ3) is 3.56. The molecule has 0 spiro atoms. The number of ether oxygens (including phenoxy) is 2. The van der Waals surface area contributed by atoms with Crippen LogP contribution in [0.3, 0.4) is 0 Å². The summed E-state index contributed by atoms with van der Waals surface area (Å²) in [4.78, 5) is 5.43. The van der Waals surface area contributed by atoms with Crippen LogP contribution >= 0.6 is 7.92 Å². The normalized spacial score (nSPS) is 21.4. The summed E-state index contributed by atoms with van der Waals surface area (Å²) < 4.78 is 11.9. The van der Waals surface area contributed by atoms with Crippen molar-refractivity contribution in [1.29, 1.82) is 0 Å². The molecule has 1 aromatic heterocycles. The maximum atomic E-state index is 5.95. The number of rotatable bonds is 6. The molecule has 2 bridgehead atoms. The zero-order chi connectivity index (χ0) is 24.9. The lowest BCUT2D eigenvalue weighted by Crippen LogP contribution is -2.51. The molecule has 36 heavy (non-hydrogen) atoms. The maximum Gasteiger partial charge on any atom is 0.126 e. The van der Waals surface area contributed by atoms with Crippen molar-refractivity contribution in [1.82, 2.24) is 4.98 Å². The molecule has 0 unspecified atom stereocenters. The predicted octanol–water partition coefficient (Wildman–Crippen LogP) is 7.08. The van der Waals surface area contributed by atoms with Gasteiger partial charge in [-0.1, -0.05) is 86.6 Å². The Hall–Kier alpha value is -3.16. The molecule has 1 fully saturated rings. The number of hydrogen-bond donors (Lipinski definition) is 0. The number of pyridine rings is 1. The van der Waals surface area contributed by atoms with Gasteiger partial charge in [-0.2, -0.15) is 0 Å². The molecule has 0 saturated heterocycles. The lowest BCUT2D eigenvalue weighted by atomic mass is 9.48. The second kappa shape index (κ2) is 9.05. The predicted molar refractivity (Wildman–Crippen MR) is 149 cm³/mol. The van der Waals surface area contributed by atoms with E-state index in [4.69, 9.17) is 14.5 Å². The second-order valence-electron chi connectivity index (χ2n) is 10.4. The first-order chi connectivity index (χ1) is 17.5. The van der Waals surface area contributed by atoms with Gasteiger partial charge in [0.15, 0.2) is 0 Å². The zero-order valence-electron chi connectivity index (χ0n) is 21.3. The molecular formula is C32H32NO2P. The first kappa shape index (κ1) is 23.3. The quantitative estimate of drug-likeness (QED) is 0.269. The van der Waals surface area contributed by atoms with E-state index in [1.165, 1.54) is 28.3 Å². The van der Waals surface area contributed by atoms with Gasteiger partial charge in [0, 0.05) is 21.8 Å². The second-order valence-corrected chi connectivity index (χ2v) is 12.7. The highest BCUT2D eigenvalue weighted by Gasteiger charge is 2.59. The molecule has 4 aromatic rings. The fourth-order valence-electron chi connectivity index (χ4n) is 6.39. The summed E-state index contributed by atoms with van der Waals surface area (Å²) in [7, 11) is 2.69. The molecule has 3 aliphatic rings. The summed E-state index contributed by atoms with van der Waals surface area (Å²) in [5.74, 6) is 2.97. The van der Waals surface area contributed by atoms with E-state index in [0.717, 1.165) is 22.8 Å². The van der Waals surface area contributed by atoms with Crippen LogP contribution in [-0.4, -0.2) is 19.2 Å². The van der Waals surface area contributed by atoms with Gasteiger partial charge in [0.2, 0.25) is 0 Å². The molecule has 3 nitrogen and oxygen atoms in total. The van der Waals surface area contributed by atoms with E-state index >= 15 is 0 Å². The van der Waals surface area contributed by atoms with Crippen LogP contribution in [0.25, 0.3) is 11.3 Å². The number of aromatic nitrogens is 1. The van der Waals surface area contributed by atoms with E-state index < -0.39 is 7.92 Å². The van der Waals surface area contributed by atoms with Gasteiger partial charge >= 0.3 is 0 Å². The minimum atomic E-state index is -0.863. The Balaban J connectivity index is 1.61. The Kier molecular flexibility index (Phi) is 5.85. The molecule has 7 rings (SSSR count). The van der Waals surface area contributed by atoms with Crippen LogP contribution in [0.2, 0.25) is 0 Å². The van der Waals surface area contributed by atoms with Crippen molar-refractivity contribution < 1.29 is 9.47 Å². The first-order valence-electron chi connectivity index (χ1n) is 12.7. The maximum absolute atomic E-state index is 5.95. The van der Waals surface area contributed by atoms with E-state index in [1.807, 2.05) is 0 Å². The number of para-hydroxylation sites is 2. The number of benzene rings is 3. The Bertz CT molecular complexity index is 1350. The average Bonchev–Trinajstić information content (AvgIpc) is 2.93. The summed E-state index contributed by atoms with van der Waals surface area (Å²) >= 11 is 0. The van der Waals surface area contributed by atoms with E-state index in [0.29, 0.717) is 11.8 Å². The van der Waals surface area contributed by atoms with Crippen LogP contribution in [0.15, 0.2) is 91.0 Å². The van der Waals surface area contributed by atoms with Gasteiger partial charge in [0.05, 0.1) is 25.6 Å². The molecule has 0 amide bonds. The van der Waals surface area contributed by atoms with Crippen LogP contribution in [0.1, 0.15) is 43.1 Å². The largest absolute Gasteiger partial charge is 0.496 e. The third-order valence-electron chi connectivity index (χ3n) is 8.37. The standard InChI is InChI=1S/C32H32NO2P/c1-32(2)23-20-24(32)31(30-22(23)18-19-25(33-30)21-12-6-5-7-13-21)36(28-16-10-8-14-26(28)34-3)29-17-11-9-15-27(29)35-4/h5-19,23-24,31H,20H2,1-4H3/t23-,24+,31-/m0/s1. The molecule has 3 atom stereocenters. The lowest BCUT2D eigenvalue weighted by Gasteiger charge is -2.61. The number of nitrogens with zero attached hydrogens (tertiary/aromatic N) is 1. The Morgan fingerprint density at radius 3 is 1.92 bits per heavy atom. The van der Waals surface area contributed by atoms with E-state index in [1.54, 1.807) is 14.2 Å². The van der Waals surface area contributed by atoms with Crippen molar-refractivity contribution in [3.05, 3.63) is 102 Å². The summed E-state index contributed by atoms with van der Waals surface area (Å²) in [5, 5.41) is 2.51. The van der Waals surface area contributed by atoms with Crippen LogP contribution in [0.4, 0.5) is 0 Å². The van der Waals surface area contributed by atoms with Gasteiger partial charge in [-0.15, -0.1) is 0 Å². The smallest absolute Gasteiger partial charge is 0.126 e. The SMILES string of the molecule is COc1ccccc1P(c1ccccc1OC)[C@@H]1c2nc(-c3ccccc3)ccc2[C@@H]2C[C@H]1C2(C)C. The highest BCUT2D eigenvalue weighted by Crippen LogP contribution is 2.73. The number of methoxy groups -OCH3 is 2. The summed E-state index contributed by atoms with van der Waals surface area (Å²) in [6.45, 7) is 4.90. The third-order valence-corrected chi connectivity index (χ3v) is 11.3. The molecule has 3 aromatic carbocycles. The molecule has 4 heteroatoms. The molecule has 1 saturated carbocycles. The van der Waals surface area contributed by atoms with Crippen LogP contribution in [0, 0.1) is 11.3 Å².